The molecule has 0 saturated carbocycles. The lowest BCUT2D eigenvalue weighted by atomic mass is 10.1. The molecule has 3 aromatic rings. The minimum Gasteiger partial charge on any atom is -0.292 e. The van der Waals surface area contributed by atoms with Crippen LogP contribution in [-0.2, 0) is 30.8 Å². The van der Waals surface area contributed by atoms with Crippen LogP contribution in [0.15, 0.2) is 84.9 Å². The topological polar surface area (TPSA) is 44.4 Å². The lowest BCUT2D eigenvalue weighted by Gasteiger charge is -2.26. The molecule has 2 N–H and O–H groups in total. The van der Waals surface area contributed by atoms with E-state index in [1.54, 1.807) is 0 Å². The summed E-state index contributed by atoms with van der Waals surface area (Å²) in [6.45, 7) is 6.92. The molecule has 0 aliphatic heterocycles. The fourth-order valence-corrected chi connectivity index (χ4v) is 3.31. The van der Waals surface area contributed by atoms with E-state index in [0.29, 0.717) is 19.0 Å². The summed E-state index contributed by atoms with van der Waals surface area (Å²) in [4.78, 5) is 14.5. The normalized spacial score (nSPS) is 11.1. The van der Waals surface area contributed by atoms with Gasteiger partial charge in [0.05, 0.1) is 6.42 Å². The van der Waals surface area contributed by atoms with Crippen LogP contribution in [0.2, 0.25) is 0 Å². The highest BCUT2D eigenvalue weighted by molar-refractivity contribution is 5.78. The third-order valence-corrected chi connectivity index (χ3v) is 5.10. The van der Waals surface area contributed by atoms with Gasteiger partial charge < -0.3 is 0 Å². The Kier molecular flexibility index (Phi) is 8.19. The number of hydrogen-bond donors (Lipinski definition) is 2. The first-order chi connectivity index (χ1) is 14.6. The Bertz CT molecular complexity index is 893. The smallest absolute Gasteiger partial charge is 0.238 e. The molecule has 4 heteroatoms. The van der Waals surface area contributed by atoms with Gasteiger partial charge in [-0.1, -0.05) is 84.9 Å². The number of benzene rings is 3. The Hall–Kier alpha value is -2.95. The molecular weight excluding hydrogens is 370 g/mol. The van der Waals surface area contributed by atoms with Gasteiger partial charge in [0.1, 0.15) is 0 Å². The summed E-state index contributed by atoms with van der Waals surface area (Å²) in [5.74, 6) is -0.0358. The molecule has 0 heterocycles. The van der Waals surface area contributed by atoms with Gasteiger partial charge in [0.15, 0.2) is 0 Å². The summed E-state index contributed by atoms with van der Waals surface area (Å²) >= 11 is 0. The third kappa shape index (κ3) is 7.14. The van der Waals surface area contributed by atoms with Crippen LogP contribution in [0, 0.1) is 0 Å². The van der Waals surface area contributed by atoms with Gasteiger partial charge in [-0.25, -0.2) is 5.43 Å². The zero-order chi connectivity index (χ0) is 21.2. The number of rotatable bonds is 10. The highest BCUT2D eigenvalue weighted by atomic mass is 16.2. The molecule has 0 bridgehead atoms. The second-order valence-electron chi connectivity index (χ2n) is 7.86. The summed E-state index contributed by atoms with van der Waals surface area (Å²) in [6, 6.07) is 29.4. The maximum absolute atomic E-state index is 12.0. The largest absolute Gasteiger partial charge is 0.292 e. The standard InChI is InChI=1S/C26H31N3O/c1-21(2)29(19-24-11-7-4-8-12-24)20-25-15-13-23(14-16-25)18-27-28-26(30)17-22-9-5-3-6-10-22/h3-16,21,27H,17-20H2,1-2H3,(H,28,30). The molecule has 0 fully saturated rings. The van der Waals surface area contributed by atoms with Gasteiger partial charge in [-0.2, -0.15) is 0 Å². The number of carbonyl (C=O) groups is 1. The maximum atomic E-state index is 12.0. The monoisotopic (exact) mass is 401 g/mol. The van der Waals surface area contributed by atoms with Crippen LogP contribution in [0.4, 0.5) is 0 Å². The van der Waals surface area contributed by atoms with E-state index in [2.05, 4.69) is 84.2 Å². The van der Waals surface area contributed by atoms with Crippen molar-refractivity contribution in [1.82, 2.24) is 15.8 Å². The molecule has 0 aliphatic rings. The van der Waals surface area contributed by atoms with Gasteiger partial charge in [0, 0.05) is 25.7 Å². The van der Waals surface area contributed by atoms with Crippen molar-refractivity contribution in [3.8, 4) is 0 Å². The van der Waals surface area contributed by atoms with Crippen molar-refractivity contribution in [3.05, 3.63) is 107 Å². The van der Waals surface area contributed by atoms with E-state index in [-0.39, 0.29) is 5.91 Å². The van der Waals surface area contributed by atoms with Crippen LogP contribution in [0.3, 0.4) is 0 Å². The summed E-state index contributed by atoms with van der Waals surface area (Å²) in [5.41, 5.74) is 10.6. The third-order valence-electron chi connectivity index (χ3n) is 5.10. The van der Waals surface area contributed by atoms with E-state index in [9.17, 15) is 4.79 Å². The van der Waals surface area contributed by atoms with Gasteiger partial charge >= 0.3 is 0 Å². The second-order valence-corrected chi connectivity index (χ2v) is 7.86. The van der Waals surface area contributed by atoms with E-state index >= 15 is 0 Å². The van der Waals surface area contributed by atoms with Crippen LogP contribution in [0.25, 0.3) is 0 Å². The van der Waals surface area contributed by atoms with Crippen LogP contribution in [-0.4, -0.2) is 16.8 Å². The molecule has 3 rings (SSSR count). The van der Waals surface area contributed by atoms with Crippen molar-refractivity contribution in [2.45, 2.75) is 45.9 Å². The Labute approximate surface area is 179 Å². The SMILES string of the molecule is CC(C)N(Cc1ccccc1)Cc1ccc(CNNC(=O)Cc2ccccc2)cc1. The molecule has 156 valence electrons. The van der Waals surface area contributed by atoms with Gasteiger partial charge in [-0.3, -0.25) is 15.1 Å². The molecular formula is C26H31N3O. The fraction of sp³-hybridized carbons (Fsp3) is 0.269. The second kappa shape index (κ2) is 11.3. The number of carbonyl (C=O) groups excluding carboxylic acids is 1. The number of nitrogens with zero attached hydrogens (tertiary/aromatic N) is 1. The maximum Gasteiger partial charge on any atom is 0.238 e. The molecule has 0 atom stereocenters. The van der Waals surface area contributed by atoms with Crippen LogP contribution < -0.4 is 10.9 Å². The van der Waals surface area contributed by atoms with Crippen molar-refractivity contribution >= 4 is 5.91 Å². The summed E-state index contributed by atoms with van der Waals surface area (Å²) in [7, 11) is 0. The molecule has 1 amide bonds. The van der Waals surface area contributed by atoms with Crippen LogP contribution >= 0.6 is 0 Å². The molecule has 0 aliphatic carbocycles. The molecule has 0 unspecified atom stereocenters. The molecule has 4 nitrogen and oxygen atoms in total. The van der Waals surface area contributed by atoms with Crippen molar-refractivity contribution < 1.29 is 4.79 Å². The Balaban J connectivity index is 1.46. The van der Waals surface area contributed by atoms with Crippen molar-refractivity contribution in [1.29, 1.82) is 0 Å². The first kappa shape index (κ1) is 21.8. The lowest BCUT2D eigenvalue weighted by Crippen LogP contribution is -2.37. The average molecular weight is 402 g/mol. The number of nitrogens with one attached hydrogen (secondary N) is 2. The highest BCUT2D eigenvalue weighted by Gasteiger charge is 2.11. The van der Waals surface area contributed by atoms with Gasteiger partial charge in [-0.15, -0.1) is 0 Å². The predicted molar refractivity (Wildman–Crippen MR) is 122 cm³/mol. The zero-order valence-corrected chi connectivity index (χ0v) is 17.8. The predicted octanol–water partition coefficient (Wildman–Crippen LogP) is 4.46. The van der Waals surface area contributed by atoms with E-state index in [1.807, 2.05) is 30.3 Å². The lowest BCUT2D eigenvalue weighted by molar-refractivity contribution is -0.121. The first-order valence-electron chi connectivity index (χ1n) is 10.5. The van der Waals surface area contributed by atoms with Crippen molar-refractivity contribution in [3.63, 3.8) is 0 Å². The van der Waals surface area contributed by atoms with Gasteiger partial charge in [0.25, 0.3) is 0 Å². The van der Waals surface area contributed by atoms with E-state index in [4.69, 9.17) is 0 Å². The molecule has 0 radical (unpaired) electrons. The first-order valence-corrected chi connectivity index (χ1v) is 10.5. The van der Waals surface area contributed by atoms with E-state index in [0.717, 1.165) is 24.2 Å². The van der Waals surface area contributed by atoms with Crippen molar-refractivity contribution in [2.75, 3.05) is 0 Å². The molecule has 30 heavy (non-hydrogen) atoms. The Morgan fingerprint density at radius 2 is 1.23 bits per heavy atom. The highest BCUT2D eigenvalue weighted by Crippen LogP contribution is 2.14. The fourth-order valence-electron chi connectivity index (χ4n) is 3.31. The minimum absolute atomic E-state index is 0.0358. The quantitative estimate of drug-likeness (QED) is 0.493. The van der Waals surface area contributed by atoms with Crippen LogP contribution in [0.1, 0.15) is 36.1 Å². The van der Waals surface area contributed by atoms with Gasteiger partial charge in [-0.05, 0) is 36.1 Å². The Morgan fingerprint density at radius 3 is 1.80 bits per heavy atom. The van der Waals surface area contributed by atoms with E-state index < -0.39 is 0 Å². The molecule has 0 spiro atoms. The van der Waals surface area contributed by atoms with Gasteiger partial charge in [0.2, 0.25) is 5.91 Å². The average Bonchev–Trinajstić information content (AvgIpc) is 2.76. The van der Waals surface area contributed by atoms with Crippen LogP contribution in [0.5, 0.6) is 0 Å². The number of amides is 1. The van der Waals surface area contributed by atoms with E-state index in [1.165, 1.54) is 11.1 Å². The number of hydrogen-bond acceptors (Lipinski definition) is 3. The molecule has 0 saturated heterocycles. The minimum atomic E-state index is -0.0358. The molecule has 3 aromatic carbocycles. The van der Waals surface area contributed by atoms with Crippen molar-refractivity contribution in [2.24, 2.45) is 0 Å². The summed E-state index contributed by atoms with van der Waals surface area (Å²) in [5, 5.41) is 0. The zero-order valence-electron chi connectivity index (χ0n) is 17.8. The summed E-state index contributed by atoms with van der Waals surface area (Å²) in [6.07, 6.45) is 0.374. The number of hydrazine groups is 1. The molecule has 0 aromatic heterocycles. The summed E-state index contributed by atoms with van der Waals surface area (Å²) < 4.78 is 0. The Morgan fingerprint density at radius 1 is 0.733 bits per heavy atom.